The average Bonchev–Trinajstić information content (AvgIpc) is 2.23. The molecule has 84 valence electrons. The van der Waals surface area contributed by atoms with Crippen LogP contribution in [0, 0.1) is 0 Å². The molecule has 0 fully saturated rings. The average molecular weight is 249 g/mol. The summed E-state index contributed by atoms with van der Waals surface area (Å²) in [5.74, 6) is 1.71. The monoisotopic (exact) mass is 248 g/mol. The fraction of sp³-hybridized carbons (Fsp3) is 0.500. The number of hydrogen-bond donors (Lipinski definition) is 2. The molecular weight excluding hydrogens is 236 g/mol. The Bertz CT molecular complexity index is 360. The van der Waals surface area contributed by atoms with Crippen molar-refractivity contribution in [3.8, 4) is 0 Å². The van der Waals surface area contributed by atoms with Crippen molar-refractivity contribution in [3.05, 3.63) is 11.5 Å². The van der Waals surface area contributed by atoms with Gasteiger partial charge in [0, 0.05) is 28.9 Å². The van der Waals surface area contributed by atoms with Gasteiger partial charge >= 0.3 is 0 Å². The van der Waals surface area contributed by atoms with Gasteiger partial charge in [-0.15, -0.1) is 0 Å². The SMILES string of the molecule is CCS(=O)CCNc1nc(Cl)ncc1N. The van der Waals surface area contributed by atoms with E-state index in [0.717, 1.165) is 0 Å². The summed E-state index contributed by atoms with van der Waals surface area (Å²) in [4.78, 5) is 7.64. The zero-order chi connectivity index (χ0) is 11.3. The van der Waals surface area contributed by atoms with E-state index in [1.807, 2.05) is 6.92 Å². The molecule has 0 saturated carbocycles. The molecule has 0 radical (unpaired) electrons. The lowest BCUT2D eigenvalue weighted by Crippen LogP contribution is -2.14. The molecule has 0 spiro atoms. The van der Waals surface area contributed by atoms with Gasteiger partial charge in [0.05, 0.1) is 11.9 Å². The van der Waals surface area contributed by atoms with Crippen LogP contribution in [-0.4, -0.2) is 32.2 Å². The highest BCUT2D eigenvalue weighted by atomic mass is 35.5. The van der Waals surface area contributed by atoms with Gasteiger partial charge in [-0.1, -0.05) is 6.92 Å². The van der Waals surface area contributed by atoms with E-state index in [2.05, 4.69) is 15.3 Å². The number of nitrogens with zero attached hydrogens (tertiary/aromatic N) is 2. The molecular formula is C8H13ClN4OS. The van der Waals surface area contributed by atoms with Crippen molar-refractivity contribution >= 4 is 33.9 Å². The minimum absolute atomic E-state index is 0.142. The molecule has 1 rings (SSSR count). The van der Waals surface area contributed by atoms with Crippen LogP contribution < -0.4 is 11.1 Å². The normalized spacial score (nSPS) is 12.4. The molecule has 0 saturated heterocycles. The lowest BCUT2D eigenvalue weighted by molar-refractivity contribution is 0.684. The predicted molar refractivity (Wildman–Crippen MR) is 63.5 cm³/mol. The number of nitrogens with two attached hydrogens (primary N) is 1. The summed E-state index contributed by atoms with van der Waals surface area (Å²) in [6.07, 6.45) is 1.44. The number of anilines is 2. The number of halogens is 1. The Balaban J connectivity index is 2.50. The summed E-state index contributed by atoms with van der Waals surface area (Å²) < 4.78 is 11.1. The van der Waals surface area contributed by atoms with Gasteiger partial charge in [-0.05, 0) is 11.6 Å². The Morgan fingerprint density at radius 3 is 3.07 bits per heavy atom. The van der Waals surface area contributed by atoms with Crippen LogP contribution in [0.5, 0.6) is 0 Å². The van der Waals surface area contributed by atoms with E-state index in [1.54, 1.807) is 0 Å². The van der Waals surface area contributed by atoms with E-state index in [9.17, 15) is 4.21 Å². The van der Waals surface area contributed by atoms with E-state index in [4.69, 9.17) is 17.3 Å². The molecule has 3 N–H and O–H groups in total. The van der Waals surface area contributed by atoms with E-state index in [0.29, 0.717) is 29.6 Å². The van der Waals surface area contributed by atoms with Gasteiger partial charge in [-0.3, -0.25) is 4.21 Å². The lowest BCUT2D eigenvalue weighted by atomic mass is 10.5. The largest absolute Gasteiger partial charge is 0.394 e. The molecule has 1 aromatic heterocycles. The van der Waals surface area contributed by atoms with Gasteiger partial charge in [-0.25, -0.2) is 4.98 Å². The maximum Gasteiger partial charge on any atom is 0.224 e. The third-order valence-electron chi connectivity index (χ3n) is 1.73. The zero-order valence-corrected chi connectivity index (χ0v) is 9.94. The van der Waals surface area contributed by atoms with Crippen LogP contribution in [0.25, 0.3) is 0 Å². The summed E-state index contributed by atoms with van der Waals surface area (Å²) in [5, 5.41) is 3.11. The van der Waals surface area contributed by atoms with E-state index in [1.165, 1.54) is 6.20 Å². The second-order valence-electron chi connectivity index (χ2n) is 2.80. The summed E-state index contributed by atoms with van der Waals surface area (Å²) in [5.41, 5.74) is 6.05. The molecule has 0 aromatic carbocycles. The summed E-state index contributed by atoms with van der Waals surface area (Å²) in [6.45, 7) is 2.43. The smallest absolute Gasteiger partial charge is 0.224 e. The fourth-order valence-electron chi connectivity index (χ4n) is 0.939. The zero-order valence-electron chi connectivity index (χ0n) is 8.36. The molecule has 0 bridgehead atoms. The molecule has 0 amide bonds. The fourth-order valence-corrected chi connectivity index (χ4v) is 1.69. The molecule has 5 nitrogen and oxygen atoms in total. The quantitative estimate of drug-likeness (QED) is 0.757. The first-order valence-electron chi connectivity index (χ1n) is 4.50. The molecule has 1 unspecified atom stereocenters. The van der Waals surface area contributed by atoms with Crippen LogP contribution in [0.1, 0.15) is 6.92 Å². The highest BCUT2D eigenvalue weighted by Gasteiger charge is 2.03. The minimum atomic E-state index is -0.792. The highest BCUT2D eigenvalue weighted by molar-refractivity contribution is 7.84. The van der Waals surface area contributed by atoms with Crippen molar-refractivity contribution < 1.29 is 4.21 Å². The number of hydrogen-bond acceptors (Lipinski definition) is 5. The third-order valence-corrected chi connectivity index (χ3v) is 3.22. The molecule has 15 heavy (non-hydrogen) atoms. The second-order valence-corrected chi connectivity index (χ2v) is 5.01. The number of nitrogens with one attached hydrogen (secondary N) is 1. The number of rotatable bonds is 5. The standard InChI is InChI=1S/C8H13ClN4OS/c1-2-15(14)4-3-11-7-6(10)5-12-8(9)13-7/h5H,2-4,10H2,1H3,(H,11,12,13). The molecule has 7 heteroatoms. The van der Waals surface area contributed by atoms with Crippen molar-refractivity contribution in [2.24, 2.45) is 0 Å². The first-order valence-corrected chi connectivity index (χ1v) is 6.37. The predicted octanol–water partition coefficient (Wildman–Crippen LogP) is 0.893. The summed E-state index contributed by atoms with van der Waals surface area (Å²) in [6, 6.07) is 0. The number of nitrogen functional groups attached to an aromatic ring is 1. The van der Waals surface area contributed by atoms with Gasteiger partial charge in [0.1, 0.15) is 0 Å². The van der Waals surface area contributed by atoms with Crippen LogP contribution in [-0.2, 0) is 10.8 Å². The first-order chi connectivity index (χ1) is 7.13. The Labute approximate surface area is 95.9 Å². The summed E-state index contributed by atoms with van der Waals surface area (Å²) >= 11 is 5.61. The third kappa shape index (κ3) is 4.01. The van der Waals surface area contributed by atoms with Gasteiger partial charge < -0.3 is 11.1 Å². The second kappa shape index (κ2) is 5.87. The molecule has 0 aliphatic rings. The molecule has 0 aliphatic heterocycles. The Morgan fingerprint density at radius 1 is 1.67 bits per heavy atom. The van der Waals surface area contributed by atoms with Crippen molar-refractivity contribution in [1.82, 2.24) is 9.97 Å². The Morgan fingerprint density at radius 2 is 2.40 bits per heavy atom. The van der Waals surface area contributed by atoms with Gasteiger partial charge in [0.25, 0.3) is 0 Å². The van der Waals surface area contributed by atoms with E-state index in [-0.39, 0.29) is 5.28 Å². The minimum Gasteiger partial charge on any atom is -0.394 e. The topological polar surface area (TPSA) is 80.9 Å². The molecule has 1 heterocycles. The number of aromatic nitrogens is 2. The molecule has 0 aliphatic carbocycles. The van der Waals surface area contributed by atoms with Crippen molar-refractivity contribution in [2.75, 3.05) is 29.1 Å². The van der Waals surface area contributed by atoms with Crippen LogP contribution in [0.15, 0.2) is 6.20 Å². The van der Waals surface area contributed by atoms with E-state index < -0.39 is 10.8 Å². The molecule has 1 aromatic rings. The van der Waals surface area contributed by atoms with Crippen molar-refractivity contribution in [2.45, 2.75) is 6.92 Å². The van der Waals surface area contributed by atoms with Gasteiger partial charge in [0.15, 0.2) is 5.82 Å². The van der Waals surface area contributed by atoms with Gasteiger partial charge in [0.2, 0.25) is 5.28 Å². The maximum absolute atomic E-state index is 11.1. The maximum atomic E-state index is 11.1. The van der Waals surface area contributed by atoms with Crippen LogP contribution in [0.4, 0.5) is 11.5 Å². The first kappa shape index (κ1) is 12.2. The van der Waals surface area contributed by atoms with Crippen molar-refractivity contribution in [3.63, 3.8) is 0 Å². The van der Waals surface area contributed by atoms with Crippen molar-refractivity contribution in [1.29, 1.82) is 0 Å². The van der Waals surface area contributed by atoms with E-state index >= 15 is 0 Å². The Hall–Kier alpha value is -0.880. The van der Waals surface area contributed by atoms with Gasteiger partial charge in [-0.2, -0.15) is 4.98 Å². The summed E-state index contributed by atoms with van der Waals surface area (Å²) in [7, 11) is -0.792. The highest BCUT2D eigenvalue weighted by Crippen LogP contribution is 2.15. The van der Waals surface area contributed by atoms with Crippen LogP contribution in [0.3, 0.4) is 0 Å². The molecule has 1 atom stereocenters. The lowest BCUT2D eigenvalue weighted by Gasteiger charge is -2.07. The Kier molecular flexibility index (Phi) is 4.77. The van der Waals surface area contributed by atoms with Crippen LogP contribution >= 0.6 is 11.6 Å². The van der Waals surface area contributed by atoms with Crippen LogP contribution in [0.2, 0.25) is 5.28 Å².